The molecule has 0 aromatic heterocycles. The van der Waals surface area contributed by atoms with Crippen molar-refractivity contribution in [1.29, 1.82) is 0 Å². The summed E-state index contributed by atoms with van der Waals surface area (Å²) in [6.07, 6.45) is 5.11. The van der Waals surface area contributed by atoms with Gasteiger partial charge in [0.2, 0.25) is 0 Å². The Bertz CT molecular complexity index is 191. The van der Waals surface area contributed by atoms with E-state index in [4.69, 9.17) is 0 Å². The van der Waals surface area contributed by atoms with Gasteiger partial charge in [-0.15, -0.1) is 0 Å². The van der Waals surface area contributed by atoms with E-state index >= 15 is 0 Å². The second-order valence-electron chi connectivity index (χ2n) is 5.83. The summed E-state index contributed by atoms with van der Waals surface area (Å²) in [6, 6.07) is 1.23. The van der Waals surface area contributed by atoms with Crippen LogP contribution in [-0.2, 0) is 0 Å². The highest BCUT2D eigenvalue weighted by Crippen LogP contribution is 2.14. The SMILES string of the molecule is CC(C)CCC(C)N(CCO)CC1CCCN1. The van der Waals surface area contributed by atoms with E-state index in [0.29, 0.717) is 12.1 Å². The van der Waals surface area contributed by atoms with Crippen LogP contribution in [0.2, 0.25) is 0 Å². The minimum atomic E-state index is 0.277. The largest absolute Gasteiger partial charge is 0.395 e. The maximum atomic E-state index is 9.17. The highest BCUT2D eigenvalue weighted by Gasteiger charge is 2.20. The zero-order chi connectivity index (χ0) is 12.7. The van der Waals surface area contributed by atoms with Crippen LogP contribution >= 0.6 is 0 Å². The third-order valence-electron chi connectivity index (χ3n) is 3.79. The van der Waals surface area contributed by atoms with Crippen LogP contribution < -0.4 is 5.32 Å². The third-order valence-corrected chi connectivity index (χ3v) is 3.79. The average Bonchev–Trinajstić information content (AvgIpc) is 2.78. The Balaban J connectivity index is 2.34. The second kappa shape index (κ2) is 8.06. The second-order valence-corrected chi connectivity index (χ2v) is 5.83. The van der Waals surface area contributed by atoms with Crippen LogP contribution in [0.3, 0.4) is 0 Å². The van der Waals surface area contributed by atoms with Gasteiger partial charge in [0, 0.05) is 25.2 Å². The Labute approximate surface area is 107 Å². The van der Waals surface area contributed by atoms with E-state index < -0.39 is 0 Å². The van der Waals surface area contributed by atoms with Crippen molar-refractivity contribution < 1.29 is 5.11 Å². The van der Waals surface area contributed by atoms with Gasteiger partial charge in [0.05, 0.1) is 6.61 Å². The molecule has 17 heavy (non-hydrogen) atoms. The molecular formula is C14H30N2O. The van der Waals surface area contributed by atoms with E-state index in [9.17, 15) is 5.11 Å². The molecule has 1 fully saturated rings. The topological polar surface area (TPSA) is 35.5 Å². The summed E-state index contributed by atoms with van der Waals surface area (Å²) in [6.45, 7) is 10.2. The lowest BCUT2D eigenvalue weighted by Crippen LogP contribution is -2.43. The summed E-state index contributed by atoms with van der Waals surface area (Å²) in [5.74, 6) is 0.776. The lowest BCUT2D eigenvalue weighted by molar-refractivity contribution is 0.138. The van der Waals surface area contributed by atoms with Crippen LogP contribution in [0.25, 0.3) is 0 Å². The lowest BCUT2D eigenvalue weighted by atomic mass is 10.0. The molecule has 0 spiro atoms. The summed E-state index contributed by atoms with van der Waals surface area (Å²) in [4.78, 5) is 2.45. The summed E-state index contributed by atoms with van der Waals surface area (Å²) < 4.78 is 0. The number of rotatable bonds is 8. The van der Waals surface area contributed by atoms with Crippen molar-refractivity contribution in [2.45, 2.75) is 58.5 Å². The average molecular weight is 242 g/mol. The maximum absolute atomic E-state index is 9.17. The zero-order valence-corrected chi connectivity index (χ0v) is 11.8. The highest BCUT2D eigenvalue weighted by molar-refractivity contribution is 4.80. The van der Waals surface area contributed by atoms with Gasteiger partial charge in [-0.1, -0.05) is 13.8 Å². The third kappa shape index (κ3) is 5.84. The lowest BCUT2D eigenvalue weighted by Gasteiger charge is -2.31. The molecule has 0 radical (unpaired) electrons. The van der Waals surface area contributed by atoms with Gasteiger partial charge in [0.1, 0.15) is 0 Å². The fourth-order valence-corrected chi connectivity index (χ4v) is 2.57. The Kier molecular flexibility index (Phi) is 7.09. The first-order valence-corrected chi connectivity index (χ1v) is 7.21. The van der Waals surface area contributed by atoms with Crippen molar-refractivity contribution in [3.05, 3.63) is 0 Å². The van der Waals surface area contributed by atoms with Crippen LogP contribution in [0.1, 0.15) is 46.5 Å². The van der Waals surface area contributed by atoms with Crippen LogP contribution in [0.5, 0.6) is 0 Å². The van der Waals surface area contributed by atoms with Crippen LogP contribution in [0, 0.1) is 5.92 Å². The number of hydrogen-bond acceptors (Lipinski definition) is 3. The molecule has 0 amide bonds. The van der Waals surface area contributed by atoms with Crippen molar-refractivity contribution in [2.24, 2.45) is 5.92 Å². The summed E-state index contributed by atoms with van der Waals surface area (Å²) >= 11 is 0. The fourth-order valence-electron chi connectivity index (χ4n) is 2.57. The fraction of sp³-hybridized carbons (Fsp3) is 1.00. The molecule has 102 valence electrons. The Morgan fingerprint density at radius 3 is 2.59 bits per heavy atom. The molecule has 2 unspecified atom stereocenters. The first-order valence-electron chi connectivity index (χ1n) is 7.21. The van der Waals surface area contributed by atoms with E-state index in [1.54, 1.807) is 0 Å². The van der Waals surface area contributed by atoms with E-state index in [0.717, 1.165) is 25.6 Å². The van der Waals surface area contributed by atoms with Crippen molar-refractivity contribution >= 4 is 0 Å². The molecule has 1 heterocycles. The van der Waals surface area contributed by atoms with Crippen molar-refractivity contribution in [3.63, 3.8) is 0 Å². The van der Waals surface area contributed by atoms with Gasteiger partial charge < -0.3 is 10.4 Å². The smallest absolute Gasteiger partial charge is 0.0558 e. The van der Waals surface area contributed by atoms with Gasteiger partial charge in [-0.05, 0) is 45.1 Å². The minimum Gasteiger partial charge on any atom is -0.395 e. The molecule has 3 heteroatoms. The van der Waals surface area contributed by atoms with Crippen molar-refractivity contribution in [1.82, 2.24) is 10.2 Å². The Morgan fingerprint density at radius 1 is 1.29 bits per heavy atom. The van der Waals surface area contributed by atoms with E-state index in [2.05, 4.69) is 31.0 Å². The van der Waals surface area contributed by atoms with Gasteiger partial charge >= 0.3 is 0 Å². The number of hydrogen-bond donors (Lipinski definition) is 2. The first kappa shape index (κ1) is 14.9. The first-order chi connectivity index (χ1) is 8.13. The monoisotopic (exact) mass is 242 g/mol. The zero-order valence-electron chi connectivity index (χ0n) is 11.8. The van der Waals surface area contributed by atoms with Gasteiger partial charge in [-0.3, -0.25) is 4.90 Å². The standard InChI is InChI=1S/C14H30N2O/c1-12(2)6-7-13(3)16(9-10-17)11-14-5-4-8-15-14/h12-15,17H,4-11H2,1-3H3. The van der Waals surface area contributed by atoms with Crippen molar-refractivity contribution in [2.75, 3.05) is 26.2 Å². The molecule has 0 aromatic carbocycles. The molecule has 0 bridgehead atoms. The molecule has 0 aliphatic carbocycles. The number of nitrogens with one attached hydrogen (secondary N) is 1. The summed E-state index contributed by atoms with van der Waals surface area (Å²) in [5, 5.41) is 12.7. The van der Waals surface area contributed by atoms with Crippen LogP contribution in [0.15, 0.2) is 0 Å². The normalized spacial score (nSPS) is 22.6. The van der Waals surface area contributed by atoms with E-state index in [1.807, 2.05) is 0 Å². The van der Waals surface area contributed by atoms with Crippen LogP contribution in [0.4, 0.5) is 0 Å². The summed E-state index contributed by atoms with van der Waals surface area (Å²) in [5.41, 5.74) is 0. The number of aliphatic hydroxyl groups excluding tert-OH is 1. The maximum Gasteiger partial charge on any atom is 0.0558 e. The molecule has 2 atom stereocenters. The van der Waals surface area contributed by atoms with Gasteiger partial charge in [0.15, 0.2) is 0 Å². The summed E-state index contributed by atoms with van der Waals surface area (Å²) in [7, 11) is 0. The quantitative estimate of drug-likeness (QED) is 0.682. The van der Waals surface area contributed by atoms with Gasteiger partial charge in [-0.2, -0.15) is 0 Å². The van der Waals surface area contributed by atoms with Gasteiger partial charge in [0.25, 0.3) is 0 Å². The molecule has 0 aromatic rings. The molecule has 1 rings (SSSR count). The number of nitrogens with zero attached hydrogens (tertiary/aromatic N) is 1. The van der Waals surface area contributed by atoms with Gasteiger partial charge in [-0.25, -0.2) is 0 Å². The molecule has 0 saturated carbocycles. The molecular weight excluding hydrogens is 212 g/mol. The number of aliphatic hydroxyl groups is 1. The van der Waals surface area contributed by atoms with Crippen LogP contribution in [-0.4, -0.2) is 48.3 Å². The van der Waals surface area contributed by atoms with E-state index in [-0.39, 0.29) is 6.61 Å². The molecule has 1 aliphatic heterocycles. The predicted molar refractivity (Wildman–Crippen MR) is 73.2 cm³/mol. The Hall–Kier alpha value is -0.120. The molecule has 1 aliphatic rings. The Morgan fingerprint density at radius 2 is 2.06 bits per heavy atom. The predicted octanol–water partition coefficient (Wildman–Crippen LogP) is 1.86. The molecule has 3 nitrogen and oxygen atoms in total. The highest BCUT2D eigenvalue weighted by atomic mass is 16.3. The minimum absolute atomic E-state index is 0.277. The van der Waals surface area contributed by atoms with E-state index in [1.165, 1.54) is 25.7 Å². The molecule has 2 N–H and O–H groups in total. The molecule has 1 saturated heterocycles. The van der Waals surface area contributed by atoms with Crippen molar-refractivity contribution in [3.8, 4) is 0 Å².